The molecule has 0 spiro atoms. The Labute approximate surface area is 113 Å². The molecule has 0 saturated heterocycles. The minimum Gasteiger partial charge on any atom is -0.496 e. The monoisotopic (exact) mass is 258 g/mol. The molecule has 1 atom stereocenters. The highest BCUT2D eigenvalue weighted by atomic mass is 16.5. The quantitative estimate of drug-likeness (QED) is 0.894. The number of pyridine rings is 1. The Morgan fingerprint density at radius 3 is 2.58 bits per heavy atom. The van der Waals surface area contributed by atoms with Crippen molar-refractivity contribution in [3.63, 3.8) is 0 Å². The number of nitrogens with one attached hydrogen (secondary N) is 1. The van der Waals surface area contributed by atoms with Crippen LogP contribution >= 0.6 is 0 Å². The third-order valence-corrected chi connectivity index (χ3v) is 3.04. The van der Waals surface area contributed by atoms with Crippen molar-refractivity contribution in [2.75, 3.05) is 21.3 Å². The number of hydrogen-bond acceptors (Lipinski definition) is 4. The minimum absolute atomic E-state index is 0.0127. The van der Waals surface area contributed by atoms with Crippen LogP contribution in [0.5, 0.6) is 11.5 Å². The van der Waals surface area contributed by atoms with Crippen LogP contribution in [0.4, 0.5) is 0 Å². The zero-order valence-electron chi connectivity index (χ0n) is 11.4. The van der Waals surface area contributed by atoms with Crippen LogP contribution in [0.25, 0.3) is 0 Å². The van der Waals surface area contributed by atoms with Crippen LogP contribution in [0.15, 0.2) is 42.7 Å². The van der Waals surface area contributed by atoms with Gasteiger partial charge in [0.15, 0.2) is 0 Å². The van der Waals surface area contributed by atoms with E-state index in [9.17, 15) is 0 Å². The average Bonchev–Trinajstić information content (AvgIpc) is 2.49. The Balaban J connectivity index is 2.43. The molecule has 0 aliphatic carbocycles. The normalized spacial score (nSPS) is 11.9. The molecule has 2 rings (SSSR count). The van der Waals surface area contributed by atoms with E-state index in [0.717, 1.165) is 22.6 Å². The number of aromatic nitrogens is 1. The summed E-state index contributed by atoms with van der Waals surface area (Å²) in [6.07, 6.45) is 3.52. The SMILES string of the molecule is CNC(c1cncc(OC)c1)c1ccccc1OC. The summed E-state index contributed by atoms with van der Waals surface area (Å²) in [7, 11) is 5.23. The zero-order valence-corrected chi connectivity index (χ0v) is 11.4. The molecule has 1 aromatic heterocycles. The van der Waals surface area contributed by atoms with Crippen molar-refractivity contribution < 1.29 is 9.47 Å². The van der Waals surface area contributed by atoms with E-state index >= 15 is 0 Å². The molecule has 0 bridgehead atoms. The fraction of sp³-hybridized carbons (Fsp3) is 0.267. The van der Waals surface area contributed by atoms with Gasteiger partial charge >= 0.3 is 0 Å². The van der Waals surface area contributed by atoms with Crippen molar-refractivity contribution in [1.29, 1.82) is 0 Å². The van der Waals surface area contributed by atoms with Gasteiger partial charge in [-0.3, -0.25) is 4.98 Å². The van der Waals surface area contributed by atoms with Gasteiger partial charge in [0.2, 0.25) is 0 Å². The lowest BCUT2D eigenvalue weighted by Gasteiger charge is -2.19. The van der Waals surface area contributed by atoms with Crippen LogP contribution in [-0.2, 0) is 0 Å². The van der Waals surface area contributed by atoms with Gasteiger partial charge in [0.05, 0.1) is 26.5 Å². The Hall–Kier alpha value is -2.07. The maximum Gasteiger partial charge on any atom is 0.137 e. The fourth-order valence-electron chi connectivity index (χ4n) is 2.11. The Kier molecular flexibility index (Phi) is 4.36. The van der Waals surface area contributed by atoms with Gasteiger partial charge in [0.25, 0.3) is 0 Å². The molecular weight excluding hydrogens is 240 g/mol. The summed E-state index contributed by atoms with van der Waals surface area (Å²) in [4.78, 5) is 4.20. The average molecular weight is 258 g/mol. The van der Waals surface area contributed by atoms with Gasteiger partial charge in [-0.15, -0.1) is 0 Å². The van der Waals surface area contributed by atoms with E-state index in [2.05, 4.69) is 10.3 Å². The van der Waals surface area contributed by atoms with Crippen molar-refractivity contribution >= 4 is 0 Å². The van der Waals surface area contributed by atoms with E-state index in [1.165, 1.54) is 0 Å². The van der Waals surface area contributed by atoms with Crippen LogP contribution < -0.4 is 14.8 Å². The molecule has 0 aliphatic heterocycles. The molecule has 4 nitrogen and oxygen atoms in total. The second-order valence-corrected chi connectivity index (χ2v) is 4.12. The van der Waals surface area contributed by atoms with E-state index in [4.69, 9.17) is 9.47 Å². The first-order chi connectivity index (χ1) is 9.30. The van der Waals surface area contributed by atoms with Crippen LogP contribution in [-0.4, -0.2) is 26.3 Å². The third-order valence-electron chi connectivity index (χ3n) is 3.04. The third kappa shape index (κ3) is 2.85. The highest BCUT2D eigenvalue weighted by molar-refractivity contribution is 5.42. The molecule has 0 amide bonds. The maximum absolute atomic E-state index is 5.41. The van der Waals surface area contributed by atoms with Crippen LogP contribution in [0.2, 0.25) is 0 Å². The lowest BCUT2D eigenvalue weighted by Crippen LogP contribution is -2.18. The number of para-hydroxylation sites is 1. The zero-order chi connectivity index (χ0) is 13.7. The number of hydrogen-bond donors (Lipinski definition) is 1. The molecular formula is C15H18N2O2. The van der Waals surface area contributed by atoms with Crippen molar-refractivity contribution in [2.45, 2.75) is 6.04 Å². The largest absolute Gasteiger partial charge is 0.496 e. The molecule has 100 valence electrons. The highest BCUT2D eigenvalue weighted by Crippen LogP contribution is 2.30. The van der Waals surface area contributed by atoms with Crippen molar-refractivity contribution in [3.05, 3.63) is 53.9 Å². The van der Waals surface area contributed by atoms with Crippen LogP contribution in [0, 0.1) is 0 Å². The maximum atomic E-state index is 5.41. The predicted octanol–water partition coefficient (Wildman–Crippen LogP) is 2.41. The van der Waals surface area contributed by atoms with Crippen LogP contribution in [0.1, 0.15) is 17.2 Å². The highest BCUT2D eigenvalue weighted by Gasteiger charge is 2.16. The van der Waals surface area contributed by atoms with Crippen LogP contribution in [0.3, 0.4) is 0 Å². The van der Waals surface area contributed by atoms with E-state index in [0.29, 0.717) is 0 Å². The Morgan fingerprint density at radius 1 is 1.11 bits per heavy atom. The lowest BCUT2D eigenvalue weighted by atomic mass is 9.99. The fourth-order valence-corrected chi connectivity index (χ4v) is 2.11. The van der Waals surface area contributed by atoms with Gasteiger partial charge in [0, 0.05) is 11.8 Å². The smallest absolute Gasteiger partial charge is 0.137 e. The van der Waals surface area contributed by atoms with Gasteiger partial charge in [-0.2, -0.15) is 0 Å². The molecule has 1 heterocycles. The molecule has 4 heteroatoms. The number of methoxy groups -OCH3 is 2. The second kappa shape index (κ2) is 6.20. The van der Waals surface area contributed by atoms with E-state index < -0.39 is 0 Å². The molecule has 1 N–H and O–H groups in total. The molecule has 0 fully saturated rings. The van der Waals surface area contributed by atoms with Crippen molar-refractivity contribution in [2.24, 2.45) is 0 Å². The van der Waals surface area contributed by atoms with E-state index in [-0.39, 0.29) is 6.04 Å². The molecule has 19 heavy (non-hydrogen) atoms. The van der Waals surface area contributed by atoms with Gasteiger partial charge in [0.1, 0.15) is 11.5 Å². The standard InChI is InChI=1S/C15H18N2O2/c1-16-15(11-8-12(18-2)10-17-9-11)13-6-4-5-7-14(13)19-3/h4-10,15-16H,1-3H3. The van der Waals surface area contributed by atoms with Gasteiger partial charge < -0.3 is 14.8 Å². The minimum atomic E-state index is 0.0127. The molecule has 1 unspecified atom stereocenters. The molecule has 0 aliphatic rings. The first-order valence-electron chi connectivity index (χ1n) is 6.09. The summed E-state index contributed by atoms with van der Waals surface area (Å²) in [6, 6.07) is 9.93. The van der Waals surface area contributed by atoms with Gasteiger partial charge in [-0.25, -0.2) is 0 Å². The molecule has 0 saturated carbocycles. The topological polar surface area (TPSA) is 43.4 Å². The lowest BCUT2D eigenvalue weighted by molar-refractivity contribution is 0.403. The Bertz CT molecular complexity index is 543. The Morgan fingerprint density at radius 2 is 1.89 bits per heavy atom. The first-order valence-corrected chi connectivity index (χ1v) is 6.09. The summed E-state index contributed by atoms with van der Waals surface area (Å²) in [5.41, 5.74) is 2.11. The molecule has 1 aromatic carbocycles. The number of nitrogens with zero attached hydrogens (tertiary/aromatic N) is 1. The summed E-state index contributed by atoms with van der Waals surface area (Å²) in [5.74, 6) is 1.59. The second-order valence-electron chi connectivity index (χ2n) is 4.12. The summed E-state index contributed by atoms with van der Waals surface area (Å²) in [5, 5.41) is 3.29. The van der Waals surface area contributed by atoms with Gasteiger partial charge in [-0.05, 0) is 24.7 Å². The first kappa shape index (κ1) is 13.4. The van der Waals surface area contributed by atoms with Gasteiger partial charge in [-0.1, -0.05) is 18.2 Å². The number of benzene rings is 1. The van der Waals surface area contributed by atoms with Crippen molar-refractivity contribution in [1.82, 2.24) is 10.3 Å². The van der Waals surface area contributed by atoms with E-state index in [1.807, 2.05) is 43.6 Å². The number of ether oxygens (including phenoxy) is 2. The summed E-state index contributed by atoms with van der Waals surface area (Å²) >= 11 is 0. The summed E-state index contributed by atoms with van der Waals surface area (Å²) in [6.45, 7) is 0. The predicted molar refractivity (Wildman–Crippen MR) is 74.7 cm³/mol. The molecule has 0 radical (unpaired) electrons. The summed E-state index contributed by atoms with van der Waals surface area (Å²) < 4.78 is 10.6. The molecule has 2 aromatic rings. The number of rotatable bonds is 5. The van der Waals surface area contributed by atoms with Crippen molar-refractivity contribution in [3.8, 4) is 11.5 Å². The van der Waals surface area contributed by atoms with E-state index in [1.54, 1.807) is 20.4 Å².